The lowest BCUT2D eigenvalue weighted by atomic mass is 9.95. The summed E-state index contributed by atoms with van der Waals surface area (Å²) in [4.78, 5) is 25.4. The van der Waals surface area contributed by atoms with Gasteiger partial charge >= 0.3 is 5.69 Å². The lowest BCUT2D eigenvalue weighted by Crippen LogP contribution is -2.54. The van der Waals surface area contributed by atoms with Gasteiger partial charge in [-0.2, -0.15) is 0 Å². The van der Waals surface area contributed by atoms with Gasteiger partial charge in [-0.05, 0) is 0 Å². The Hall–Kier alpha value is -1.56. The van der Waals surface area contributed by atoms with Crippen LogP contribution in [0.4, 0.5) is 0 Å². The maximum atomic E-state index is 12.1. The van der Waals surface area contributed by atoms with Gasteiger partial charge in [0.05, 0.1) is 13.2 Å². The molecule has 23 heavy (non-hydrogen) atoms. The molecule has 2 heterocycles. The molecule has 1 aromatic heterocycles. The highest BCUT2D eigenvalue weighted by molar-refractivity contribution is 5.03. The van der Waals surface area contributed by atoms with E-state index in [1.165, 1.54) is 7.11 Å². The molecule has 0 bridgehead atoms. The fourth-order valence-corrected chi connectivity index (χ4v) is 2.85. The first-order valence-electron chi connectivity index (χ1n) is 7.07. The van der Waals surface area contributed by atoms with Gasteiger partial charge in [0.1, 0.15) is 18.3 Å². The summed E-state index contributed by atoms with van der Waals surface area (Å²) in [5.74, 6) is 0. The number of rotatable bonds is 6. The maximum Gasteiger partial charge on any atom is 0.330 e. The molecular weight excluding hydrogens is 310 g/mol. The molecule has 6 N–H and O–H groups in total. The monoisotopic (exact) mass is 331 g/mol. The van der Waals surface area contributed by atoms with Crippen LogP contribution in [0, 0.1) is 0 Å². The van der Waals surface area contributed by atoms with Crippen molar-refractivity contribution in [2.24, 2.45) is 5.73 Å². The van der Waals surface area contributed by atoms with Crippen LogP contribution in [0.25, 0.3) is 0 Å². The van der Waals surface area contributed by atoms with Gasteiger partial charge in [-0.3, -0.25) is 14.3 Å². The fraction of sp³-hybridized carbons (Fsp3) is 0.692. The minimum Gasteiger partial charge on any atom is -0.394 e. The molecule has 0 radical (unpaired) electrons. The summed E-state index contributed by atoms with van der Waals surface area (Å²) in [5.41, 5.74) is 2.74. The van der Waals surface area contributed by atoms with Gasteiger partial charge in [0, 0.05) is 31.8 Å². The number of methoxy groups -OCH3 is 1. The Balaban J connectivity index is 2.52. The first-order chi connectivity index (χ1) is 10.9. The topological polar surface area (TPSA) is 160 Å². The average Bonchev–Trinajstić information content (AvgIpc) is 2.73. The normalized spacial score (nSPS) is 32.1. The van der Waals surface area contributed by atoms with Crippen LogP contribution in [-0.4, -0.2) is 69.5 Å². The van der Waals surface area contributed by atoms with Crippen LogP contribution in [0.1, 0.15) is 6.42 Å². The second-order valence-electron chi connectivity index (χ2n) is 5.52. The van der Waals surface area contributed by atoms with Crippen molar-refractivity contribution >= 4 is 0 Å². The SMILES string of the molecule is COCC(N)C[C@@]1(n2ccc(=O)[nH]c2=O)O[C@H](CO)[C@@H](O)[C@H]1O. The van der Waals surface area contributed by atoms with Gasteiger partial charge in [-0.15, -0.1) is 0 Å². The quantitative estimate of drug-likeness (QED) is 0.362. The van der Waals surface area contributed by atoms with Gasteiger partial charge in [-0.25, -0.2) is 4.79 Å². The van der Waals surface area contributed by atoms with E-state index in [9.17, 15) is 24.9 Å². The number of ether oxygens (including phenoxy) is 2. The molecule has 0 spiro atoms. The van der Waals surface area contributed by atoms with Crippen LogP contribution < -0.4 is 17.0 Å². The zero-order valence-electron chi connectivity index (χ0n) is 12.6. The molecule has 10 heteroatoms. The minimum atomic E-state index is -1.73. The molecule has 130 valence electrons. The lowest BCUT2D eigenvalue weighted by Gasteiger charge is -2.35. The lowest BCUT2D eigenvalue weighted by molar-refractivity contribution is -0.159. The Bertz CT molecular complexity index is 645. The predicted octanol–water partition coefficient (Wildman–Crippen LogP) is -3.33. The molecule has 1 saturated heterocycles. The van der Waals surface area contributed by atoms with Crippen LogP contribution in [-0.2, 0) is 15.2 Å². The average molecular weight is 331 g/mol. The van der Waals surface area contributed by atoms with Crippen LogP contribution in [0.2, 0.25) is 0 Å². The standard InChI is InChI=1S/C13H21N3O7/c1-22-6-7(14)4-13(11(20)10(19)8(5-17)23-13)16-3-2-9(18)15-12(16)21/h2-3,7-8,10-11,17,19-20H,4-6,14H2,1H3,(H,15,18,21)/t7?,8-,10-,11-,13-/m1/s1. The van der Waals surface area contributed by atoms with E-state index in [0.717, 1.165) is 16.8 Å². The third kappa shape index (κ3) is 3.22. The molecule has 1 aliphatic rings. The number of hydrogen-bond donors (Lipinski definition) is 5. The highest BCUT2D eigenvalue weighted by Gasteiger charge is 2.56. The van der Waals surface area contributed by atoms with Gasteiger partial charge in [0.25, 0.3) is 5.56 Å². The van der Waals surface area contributed by atoms with Gasteiger partial charge in [-0.1, -0.05) is 0 Å². The first-order valence-corrected chi connectivity index (χ1v) is 7.07. The fourth-order valence-electron chi connectivity index (χ4n) is 2.85. The molecule has 0 aromatic carbocycles. The number of nitrogens with one attached hydrogen (secondary N) is 1. The first kappa shape index (κ1) is 17.8. The van der Waals surface area contributed by atoms with Crippen molar-refractivity contribution in [1.29, 1.82) is 0 Å². The largest absolute Gasteiger partial charge is 0.394 e. The van der Waals surface area contributed by atoms with Crippen LogP contribution >= 0.6 is 0 Å². The number of nitrogens with zero attached hydrogens (tertiary/aromatic N) is 1. The smallest absolute Gasteiger partial charge is 0.330 e. The van der Waals surface area contributed by atoms with E-state index in [-0.39, 0.29) is 13.0 Å². The number of aliphatic hydroxyl groups excluding tert-OH is 3. The Morgan fingerprint density at radius 2 is 2.22 bits per heavy atom. The Morgan fingerprint density at radius 1 is 1.52 bits per heavy atom. The highest BCUT2D eigenvalue weighted by atomic mass is 16.6. The van der Waals surface area contributed by atoms with Crippen molar-refractivity contribution in [2.75, 3.05) is 20.3 Å². The van der Waals surface area contributed by atoms with Crippen LogP contribution in [0.15, 0.2) is 21.9 Å². The summed E-state index contributed by atoms with van der Waals surface area (Å²) in [6.45, 7) is -0.437. The maximum absolute atomic E-state index is 12.1. The Kier molecular flexibility index (Phi) is 5.34. The van der Waals surface area contributed by atoms with Crippen molar-refractivity contribution < 1.29 is 24.8 Å². The predicted molar refractivity (Wildman–Crippen MR) is 77.7 cm³/mol. The van der Waals surface area contributed by atoms with Crippen LogP contribution in [0.3, 0.4) is 0 Å². The number of hydrogen-bond acceptors (Lipinski definition) is 8. The summed E-state index contributed by atoms with van der Waals surface area (Å²) in [6.07, 6.45) is -2.99. The third-order valence-corrected chi connectivity index (χ3v) is 3.87. The van der Waals surface area contributed by atoms with E-state index < -0.39 is 47.9 Å². The third-order valence-electron chi connectivity index (χ3n) is 3.87. The number of aromatic amines is 1. The second-order valence-corrected chi connectivity index (χ2v) is 5.52. The van der Waals surface area contributed by atoms with E-state index in [0.29, 0.717) is 0 Å². The van der Waals surface area contributed by atoms with Gasteiger partial charge < -0.3 is 30.5 Å². The van der Waals surface area contributed by atoms with Gasteiger partial charge in [0.2, 0.25) is 0 Å². The van der Waals surface area contributed by atoms with E-state index >= 15 is 0 Å². The molecular formula is C13H21N3O7. The zero-order chi connectivity index (χ0) is 17.2. The van der Waals surface area contributed by atoms with Crippen molar-refractivity contribution in [3.05, 3.63) is 33.1 Å². The van der Waals surface area contributed by atoms with E-state index in [1.54, 1.807) is 0 Å². The molecule has 2 rings (SSSR count). The highest BCUT2D eigenvalue weighted by Crippen LogP contribution is 2.38. The summed E-state index contributed by atoms with van der Waals surface area (Å²) in [5, 5.41) is 29.8. The number of aromatic nitrogens is 2. The molecule has 0 amide bonds. The number of nitrogens with two attached hydrogens (primary N) is 1. The summed E-state index contributed by atoms with van der Waals surface area (Å²) < 4.78 is 11.5. The van der Waals surface area contributed by atoms with Crippen molar-refractivity contribution in [3.8, 4) is 0 Å². The van der Waals surface area contributed by atoms with Gasteiger partial charge in [0.15, 0.2) is 5.72 Å². The van der Waals surface area contributed by atoms with Crippen molar-refractivity contribution in [2.45, 2.75) is 36.5 Å². The minimum absolute atomic E-state index is 0.0818. The molecule has 0 aliphatic carbocycles. The van der Waals surface area contributed by atoms with Crippen molar-refractivity contribution in [3.63, 3.8) is 0 Å². The molecule has 0 saturated carbocycles. The molecule has 1 aromatic rings. The second kappa shape index (κ2) is 6.91. The van der Waals surface area contributed by atoms with Crippen molar-refractivity contribution in [1.82, 2.24) is 9.55 Å². The number of aliphatic hydroxyl groups is 3. The Labute approximate surface area is 131 Å². The molecule has 1 aliphatic heterocycles. The molecule has 5 atom stereocenters. The summed E-state index contributed by atoms with van der Waals surface area (Å²) in [7, 11) is 1.44. The van der Waals surface area contributed by atoms with E-state index in [1.807, 2.05) is 0 Å². The molecule has 1 unspecified atom stereocenters. The van der Waals surface area contributed by atoms with Crippen LogP contribution in [0.5, 0.6) is 0 Å². The van der Waals surface area contributed by atoms with E-state index in [4.69, 9.17) is 15.2 Å². The summed E-state index contributed by atoms with van der Waals surface area (Å²) in [6, 6.07) is 0.456. The number of H-pyrrole nitrogens is 1. The van der Waals surface area contributed by atoms with E-state index in [2.05, 4.69) is 4.98 Å². The zero-order valence-corrected chi connectivity index (χ0v) is 12.6. The Morgan fingerprint density at radius 3 is 2.74 bits per heavy atom. The molecule has 10 nitrogen and oxygen atoms in total. The summed E-state index contributed by atoms with van der Waals surface area (Å²) >= 11 is 0. The molecule has 1 fully saturated rings.